The van der Waals surface area contributed by atoms with E-state index in [1.54, 1.807) is 42.7 Å². The number of hydrogen-bond acceptors (Lipinski definition) is 5. The molecule has 1 amide bonds. The van der Waals surface area contributed by atoms with Crippen LogP contribution < -0.4 is 10.6 Å². The van der Waals surface area contributed by atoms with E-state index >= 15 is 0 Å². The summed E-state index contributed by atoms with van der Waals surface area (Å²) in [6, 6.07) is 21.9. The van der Waals surface area contributed by atoms with E-state index in [0.29, 0.717) is 22.6 Å². The Labute approximate surface area is 161 Å². The smallest absolute Gasteiger partial charge is 0.255 e. The molecule has 2 heterocycles. The quantitative estimate of drug-likeness (QED) is 0.556. The van der Waals surface area contributed by atoms with Gasteiger partial charge in [-0.1, -0.05) is 24.3 Å². The fourth-order valence-electron chi connectivity index (χ4n) is 2.85. The Bertz CT molecular complexity index is 1210. The Balaban J connectivity index is 1.57. The number of hydrogen-bond donors (Lipinski definition) is 2. The summed E-state index contributed by atoms with van der Waals surface area (Å²) < 4.78 is 0. The molecule has 0 saturated carbocycles. The van der Waals surface area contributed by atoms with Gasteiger partial charge in [0.2, 0.25) is 0 Å². The third kappa shape index (κ3) is 3.64. The maximum atomic E-state index is 12.7. The second-order valence-electron chi connectivity index (χ2n) is 6.08. The average molecular weight is 365 g/mol. The van der Waals surface area contributed by atoms with Crippen LogP contribution in [0.1, 0.15) is 15.9 Å². The summed E-state index contributed by atoms with van der Waals surface area (Å²) in [4.78, 5) is 21.3. The minimum Gasteiger partial charge on any atom is -0.340 e. The van der Waals surface area contributed by atoms with Crippen molar-refractivity contribution in [2.24, 2.45) is 0 Å². The van der Waals surface area contributed by atoms with Crippen molar-refractivity contribution in [2.75, 3.05) is 10.6 Å². The first-order valence-corrected chi connectivity index (χ1v) is 8.61. The molecule has 0 fully saturated rings. The number of para-hydroxylation sites is 1. The summed E-state index contributed by atoms with van der Waals surface area (Å²) in [5.74, 6) is 0.258. The molecule has 0 bridgehead atoms. The summed E-state index contributed by atoms with van der Waals surface area (Å²) >= 11 is 0. The monoisotopic (exact) mass is 365 g/mol. The summed E-state index contributed by atoms with van der Waals surface area (Å²) in [6.07, 6.45) is 3.26. The predicted octanol–water partition coefficient (Wildman–Crippen LogP) is 4.50. The summed E-state index contributed by atoms with van der Waals surface area (Å²) in [5, 5.41) is 16.0. The van der Waals surface area contributed by atoms with E-state index in [1.807, 2.05) is 36.4 Å². The Hall–Kier alpha value is -4.24. The van der Waals surface area contributed by atoms with Gasteiger partial charge in [0.25, 0.3) is 5.91 Å². The zero-order valence-corrected chi connectivity index (χ0v) is 14.8. The van der Waals surface area contributed by atoms with Gasteiger partial charge in [-0.25, -0.2) is 4.98 Å². The van der Waals surface area contributed by atoms with Crippen LogP contribution in [0, 0.1) is 11.3 Å². The summed E-state index contributed by atoms with van der Waals surface area (Å²) in [5.41, 5.74) is 3.11. The highest BCUT2D eigenvalue weighted by molar-refractivity contribution is 6.08. The first kappa shape index (κ1) is 17.2. The number of fused-ring (bicyclic) bond motifs is 1. The van der Waals surface area contributed by atoms with Gasteiger partial charge in [0.15, 0.2) is 0 Å². The van der Waals surface area contributed by atoms with Crippen LogP contribution in [-0.2, 0) is 0 Å². The van der Waals surface area contributed by atoms with Gasteiger partial charge in [-0.15, -0.1) is 0 Å². The lowest BCUT2D eigenvalue weighted by atomic mass is 10.1. The van der Waals surface area contributed by atoms with Crippen LogP contribution in [0.3, 0.4) is 0 Å². The van der Waals surface area contributed by atoms with Crippen molar-refractivity contribution in [3.05, 3.63) is 90.3 Å². The molecule has 0 radical (unpaired) electrons. The lowest BCUT2D eigenvalue weighted by Gasteiger charge is -2.10. The van der Waals surface area contributed by atoms with Crippen LogP contribution in [0.5, 0.6) is 0 Å². The summed E-state index contributed by atoms with van der Waals surface area (Å²) in [7, 11) is 0. The number of anilines is 3. The first-order chi connectivity index (χ1) is 13.7. The number of amides is 1. The maximum absolute atomic E-state index is 12.7. The van der Waals surface area contributed by atoms with Crippen LogP contribution in [0.25, 0.3) is 10.9 Å². The van der Waals surface area contributed by atoms with Crippen molar-refractivity contribution < 1.29 is 4.79 Å². The second kappa shape index (κ2) is 7.56. The molecular formula is C22H15N5O. The van der Waals surface area contributed by atoms with E-state index in [4.69, 9.17) is 5.26 Å². The van der Waals surface area contributed by atoms with E-state index in [1.165, 1.54) is 0 Å². The molecule has 0 aliphatic rings. The number of nitriles is 1. The number of pyridine rings is 2. The molecule has 134 valence electrons. The number of carbonyl (C=O) groups excluding carboxylic acids is 1. The molecule has 0 spiro atoms. The largest absolute Gasteiger partial charge is 0.340 e. The fourth-order valence-corrected chi connectivity index (χ4v) is 2.85. The molecule has 6 nitrogen and oxygen atoms in total. The molecule has 0 unspecified atom stereocenters. The molecule has 2 aromatic carbocycles. The third-order valence-corrected chi connectivity index (χ3v) is 4.17. The zero-order valence-electron chi connectivity index (χ0n) is 14.8. The van der Waals surface area contributed by atoms with Crippen LogP contribution in [0.4, 0.5) is 17.2 Å². The SMILES string of the molecule is N#Cc1cccc(Nc2cc(C(=O)Nc3cccc4cccnc34)ccn2)c1. The second-order valence-corrected chi connectivity index (χ2v) is 6.08. The minimum atomic E-state index is -0.255. The average Bonchev–Trinajstić information content (AvgIpc) is 2.74. The fraction of sp³-hybridized carbons (Fsp3) is 0. The van der Waals surface area contributed by atoms with Crippen LogP contribution in [0.2, 0.25) is 0 Å². The summed E-state index contributed by atoms with van der Waals surface area (Å²) in [6.45, 7) is 0. The molecule has 4 aromatic rings. The third-order valence-electron chi connectivity index (χ3n) is 4.17. The van der Waals surface area contributed by atoms with Crippen molar-refractivity contribution in [1.82, 2.24) is 9.97 Å². The van der Waals surface area contributed by atoms with E-state index < -0.39 is 0 Å². The molecule has 0 atom stereocenters. The topological polar surface area (TPSA) is 90.7 Å². The first-order valence-electron chi connectivity index (χ1n) is 8.61. The van der Waals surface area contributed by atoms with Gasteiger partial charge in [-0.05, 0) is 42.5 Å². The number of benzene rings is 2. The Morgan fingerprint density at radius 2 is 1.79 bits per heavy atom. The predicted molar refractivity (Wildman–Crippen MR) is 108 cm³/mol. The number of nitrogens with zero attached hydrogens (tertiary/aromatic N) is 3. The molecule has 2 N–H and O–H groups in total. The molecule has 0 aliphatic heterocycles. The molecular weight excluding hydrogens is 350 g/mol. The highest BCUT2D eigenvalue weighted by Gasteiger charge is 2.10. The highest BCUT2D eigenvalue weighted by atomic mass is 16.1. The van der Waals surface area contributed by atoms with Gasteiger partial charge in [0, 0.05) is 29.0 Å². The van der Waals surface area contributed by atoms with Crippen LogP contribution in [0.15, 0.2) is 79.1 Å². The molecule has 0 saturated heterocycles. The number of nitrogens with one attached hydrogen (secondary N) is 2. The molecule has 6 heteroatoms. The maximum Gasteiger partial charge on any atom is 0.255 e. The molecule has 4 rings (SSSR count). The van der Waals surface area contributed by atoms with Gasteiger partial charge in [-0.2, -0.15) is 5.26 Å². The van der Waals surface area contributed by atoms with Crippen molar-refractivity contribution >= 4 is 34.0 Å². The van der Waals surface area contributed by atoms with E-state index in [0.717, 1.165) is 16.6 Å². The number of aromatic nitrogens is 2. The van der Waals surface area contributed by atoms with Crippen molar-refractivity contribution in [3.63, 3.8) is 0 Å². The number of carbonyl (C=O) groups is 1. The van der Waals surface area contributed by atoms with Gasteiger partial charge in [0.05, 0.1) is 22.8 Å². The van der Waals surface area contributed by atoms with E-state index in [-0.39, 0.29) is 5.91 Å². The van der Waals surface area contributed by atoms with Crippen molar-refractivity contribution in [2.45, 2.75) is 0 Å². The molecule has 28 heavy (non-hydrogen) atoms. The van der Waals surface area contributed by atoms with Gasteiger partial charge < -0.3 is 10.6 Å². The molecule has 2 aromatic heterocycles. The lowest BCUT2D eigenvalue weighted by molar-refractivity contribution is 0.102. The Morgan fingerprint density at radius 3 is 2.68 bits per heavy atom. The lowest BCUT2D eigenvalue weighted by Crippen LogP contribution is -2.13. The van der Waals surface area contributed by atoms with Crippen molar-refractivity contribution in [1.29, 1.82) is 5.26 Å². The highest BCUT2D eigenvalue weighted by Crippen LogP contribution is 2.22. The van der Waals surface area contributed by atoms with Crippen LogP contribution in [-0.4, -0.2) is 15.9 Å². The van der Waals surface area contributed by atoms with E-state index in [2.05, 4.69) is 26.7 Å². The van der Waals surface area contributed by atoms with E-state index in [9.17, 15) is 4.79 Å². The molecule has 0 aliphatic carbocycles. The van der Waals surface area contributed by atoms with Gasteiger partial charge >= 0.3 is 0 Å². The number of rotatable bonds is 4. The Kier molecular flexibility index (Phi) is 4.64. The van der Waals surface area contributed by atoms with Gasteiger partial charge in [0.1, 0.15) is 5.82 Å². The minimum absolute atomic E-state index is 0.255. The van der Waals surface area contributed by atoms with Crippen LogP contribution >= 0.6 is 0 Å². The van der Waals surface area contributed by atoms with Gasteiger partial charge in [-0.3, -0.25) is 9.78 Å². The normalized spacial score (nSPS) is 10.2. The van der Waals surface area contributed by atoms with Crippen molar-refractivity contribution in [3.8, 4) is 6.07 Å². The zero-order chi connectivity index (χ0) is 19.3. The Morgan fingerprint density at radius 1 is 0.929 bits per heavy atom. The standard InChI is InChI=1S/C22H15N5O/c23-14-15-4-1-7-18(12-15)26-20-13-17(9-11-24-20)22(28)27-19-8-2-5-16-6-3-10-25-21(16)19/h1-13H,(H,24,26)(H,27,28).